The molecule has 0 radical (unpaired) electrons. The second kappa shape index (κ2) is 6.67. The second-order valence-corrected chi connectivity index (χ2v) is 6.13. The molecule has 0 aliphatic carbocycles. The third-order valence-corrected chi connectivity index (χ3v) is 4.45. The minimum absolute atomic E-state index is 0.248. The van der Waals surface area contributed by atoms with Crippen LogP contribution in [-0.2, 0) is 13.6 Å². The van der Waals surface area contributed by atoms with Crippen LogP contribution >= 0.6 is 23.2 Å². The lowest BCUT2D eigenvalue weighted by molar-refractivity contribution is 0.102. The van der Waals surface area contributed by atoms with Crippen molar-refractivity contribution >= 4 is 34.9 Å². The van der Waals surface area contributed by atoms with E-state index in [4.69, 9.17) is 23.2 Å². The summed E-state index contributed by atoms with van der Waals surface area (Å²) in [6.45, 7) is 2.25. The van der Waals surface area contributed by atoms with Crippen LogP contribution in [0.4, 0.5) is 5.82 Å². The van der Waals surface area contributed by atoms with E-state index in [-0.39, 0.29) is 5.91 Å². The molecule has 6 nitrogen and oxygen atoms in total. The van der Waals surface area contributed by atoms with E-state index in [1.165, 1.54) is 6.20 Å². The number of carbonyl (C=O) groups is 1. The number of amides is 1. The lowest BCUT2D eigenvalue weighted by Crippen LogP contribution is -2.14. The van der Waals surface area contributed by atoms with Gasteiger partial charge >= 0.3 is 0 Å². The molecule has 1 amide bonds. The van der Waals surface area contributed by atoms with E-state index in [0.29, 0.717) is 28.0 Å². The van der Waals surface area contributed by atoms with E-state index in [9.17, 15) is 4.79 Å². The van der Waals surface area contributed by atoms with Crippen LogP contribution in [0.2, 0.25) is 10.0 Å². The standard InChI is InChI=1S/C16H15Cl2N5O/c1-10-11(8-19-22(10)2)16(24)20-15-6-7-23(21-15)9-12-13(17)4-3-5-14(12)18/h3-8H,9H2,1-2H3,(H,20,21,24). The quantitative estimate of drug-likeness (QED) is 0.770. The van der Waals surface area contributed by atoms with Crippen molar-refractivity contribution in [2.45, 2.75) is 13.5 Å². The molecular formula is C16H15Cl2N5O. The Morgan fingerprint density at radius 2 is 1.96 bits per heavy atom. The van der Waals surface area contributed by atoms with Gasteiger partial charge in [-0.15, -0.1) is 0 Å². The summed E-state index contributed by atoms with van der Waals surface area (Å²) in [6, 6.07) is 7.06. The number of anilines is 1. The van der Waals surface area contributed by atoms with Crippen molar-refractivity contribution in [3.8, 4) is 0 Å². The molecule has 3 aromatic rings. The van der Waals surface area contributed by atoms with Gasteiger partial charge in [0.2, 0.25) is 0 Å². The molecule has 1 aromatic carbocycles. The first kappa shape index (κ1) is 16.5. The summed E-state index contributed by atoms with van der Waals surface area (Å²) >= 11 is 12.3. The van der Waals surface area contributed by atoms with Gasteiger partial charge in [0.25, 0.3) is 5.91 Å². The lowest BCUT2D eigenvalue weighted by Gasteiger charge is -2.07. The van der Waals surface area contributed by atoms with Crippen LogP contribution in [0.25, 0.3) is 0 Å². The number of aromatic nitrogens is 4. The first-order valence-electron chi connectivity index (χ1n) is 7.22. The van der Waals surface area contributed by atoms with Crippen molar-refractivity contribution in [2.24, 2.45) is 7.05 Å². The zero-order chi connectivity index (χ0) is 17.3. The van der Waals surface area contributed by atoms with Crippen molar-refractivity contribution in [2.75, 3.05) is 5.32 Å². The van der Waals surface area contributed by atoms with Crippen LogP contribution in [0, 0.1) is 6.92 Å². The fourth-order valence-corrected chi connectivity index (χ4v) is 2.78. The number of rotatable bonds is 4. The van der Waals surface area contributed by atoms with Gasteiger partial charge < -0.3 is 5.32 Å². The molecule has 8 heteroatoms. The van der Waals surface area contributed by atoms with E-state index >= 15 is 0 Å². The van der Waals surface area contributed by atoms with Gasteiger partial charge in [0.05, 0.1) is 18.3 Å². The molecule has 0 aliphatic rings. The van der Waals surface area contributed by atoms with Crippen molar-refractivity contribution in [1.29, 1.82) is 0 Å². The van der Waals surface area contributed by atoms with E-state index < -0.39 is 0 Å². The Morgan fingerprint density at radius 3 is 2.58 bits per heavy atom. The molecule has 0 unspecified atom stereocenters. The number of hydrogen-bond acceptors (Lipinski definition) is 3. The Kier molecular flexibility index (Phi) is 4.59. The Labute approximate surface area is 149 Å². The number of halogens is 2. The van der Waals surface area contributed by atoms with E-state index in [1.807, 2.05) is 6.92 Å². The molecule has 2 heterocycles. The number of benzene rings is 1. The Bertz CT molecular complexity index is 880. The van der Waals surface area contributed by atoms with Crippen molar-refractivity contribution in [3.05, 3.63) is 63.5 Å². The molecule has 0 bridgehead atoms. The summed E-state index contributed by atoms with van der Waals surface area (Å²) in [5.74, 6) is 0.202. The third kappa shape index (κ3) is 3.29. The Balaban J connectivity index is 1.74. The van der Waals surface area contributed by atoms with Crippen LogP contribution in [0.3, 0.4) is 0 Å². The molecular weight excluding hydrogens is 349 g/mol. The first-order chi connectivity index (χ1) is 11.5. The monoisotopic (exact) mass is 363 g/mol. The van der Waals surface area contributed by atoms with Gasteiger partial charge in [-0.3, -0.25) is 14.2 Å². The van der Waals surface area contributed by atoms with Crippen LogP contribution in [0.15, 0.2) is 36.7 Å². The summed E-state index contributed by atoms with van der Waals surface area (Å²) < 4.78 is 3.31. The maximum Gasteiger partial charge on any atom is 0.260 e. The zero-order valence-corrected chi connectivity index (χ0v) is 14.6. The summed E-state index contributed by atoms with van der Waals surface area (Å²) in [5.41, 5.74) is 2.08. The fourth-order valence-electron chi connectivity index (χ4n) is 2.27. The average molecular weight is 364 g/mol. The molecule has 0 saturated carbocycles. The van der Waals surface area contributed by atoms with Crippen molar-refractivity contribution in [3.63, 3.8) is 0 Å². The highest BCUT2D eigenvalue weighted by Gasteiger charge is 2.14. The van der Waals surface area contributed by atoms with Gasteiger partial charge in [0.1, 0.15) is 0 Å². The lowest BCUT2D eigenvalue weighted by atomic mass is 10.2. The fraction of sp³-hybridized carbons (Fsp3) is 0.188. The largest absolute Gasteiger partial charge is 0.305 e. The first-order valence-corrected chi connectivity index (χ1v) is 7.97. The highest BCUT2D eigenvalue weighted by Crippen LogP contribution is 2.25. The molecule has 0 aliphatic heterocycles. The van der Waals surface area contributed by atoms with E-state index in [2.05, 4.69) is 15.5 Å². The van der Waals surface area contributed by atoms with Crippen LogP contribution < -0.4 is 5.32 Å². The van der Waals surface area contributed by atoms with Crippen LogP contribution in [-0.4, -0.2) is 25.5 Å². The Hall–Kier alpha value is -2.31. The minimum Gasteiger partial charge on any atom is -0.305 e. The minimum atomic E-state index is -0.248. The predicted molar refractivity (Wildman–Crippen MR) is 93.7 cm³/mol. The van der Waals surface area contributed by atoms with Gasteiger partial charge in [-0.25, -0.2) is 0 Å². The maximum absolute atomic E-state index is 12.3. The van der Waals surface area contributed by atoms with Crippen molar-refractivity contribution in [1.82, 2.24) is 19.6 Å². The predicted octanol–water partition coefficient (Wildman–Crippen LogP) is 3.53. The number of nitrogens with one attached hydrogen (secondary N) is 1. The normalized spacial score (nSPS) is 10.8. The SMILES string of the molecule is Cc1c(C(=O)Nc2ccn(Cc3c(Cl)cccc3Cl)n2)cnn1C. The second-order valence-electron chi connectivity index (χ2n) is 5.32. The van der Waals surface area contributed by atoms with Gasteiger partial charge in [0.15, 0.2) is 5.82 Å². The molecule has 0 atom stereocenters. The summed E-state index contributed by atoms with van der Waals surface area (Å²) in [4.78, 5) is 12.3. The number of carbonyl (C=O) groups excluding carboxylic acids is 1. The van der Waals surface area contributed by atoms with Gasteiger partial charge in [-0.2, -0.15) is 10.2 Å². The summed E-state index contributed by atoms with van der Waals surface area (Å²) in [5, 5.41) is 12.3. The number of nitrogens with zero attached hydrogens (tertiary/aromatic N) is 4. The zero-order valence-electron chi connectivity index (χ0n) is 13.1. The van der Waals surface area contributed by atoms with Crippen LogP contribution in [0.1, 0.15) is 21.6 Å². The molecule has 0 saturated heterocycles. The number of hydrogen-bond donors (Lipinski definition) is 1. The average Bonchev–Trinajstić information content (AvgIpc) is 3.11. The molecule has 1 N–H and O–H groups in total. The third-order valence-electron chi connectivity index (χ3n) is 3.74. The van der Waals surface area contributed by atoms with Crippen LogP contribution in [0.5, 0.6) is 0 Å². The molecule has 2 aromatic heterocycles. The molecule has 124 valence electrons. The summed E-state index contributed by atoms with van der Waals surface area (Å²) in [7, 11) is 1.79. The molecule has 0 spiro atoms. The van der Waals surface area contributed by atoms with Crippen molar-refractivity contribution < 1.29 is 4.79 Å². The van der Waals surface area contributed by atoms with E-state index in [0.717, 1.165) is 11.3 Å². The highest BCUT2D eigenvalue weighted by molar-refractivity contribution is 6.35. The molecule has 3 rings (SSSR count). The number of aryl methyl sites for hydroxylation is 1. The van der Waals surface area contributed by atoms with E-state index in [1.54, 1.807) is 46.9 Å². The molecule has 0 fully saturated rings. The summed E-state index contributed by atoms with van der Waals surface area (Å²) in [6.07, 6.45) is 3.29. The van der Waals surface area contributed by atoms with Gasteiger partial charge in [0, 0.05) is 40.6 Å². The maximum atomic E-state index is 12.3. The van der Waals surface area contributed by atoms with Gasteiger partial charge in [-0.1, -0.05) is 29.3 Å². The molecule has 24 heavy (non-hydrogen) atoms. The van der Waals surface area contributed by atoms with Gasteiger partial charge in [-0.05, 0) is 19.1 Å². The Morgan fingerprint density at radius 1 is 1.25 bits per heavy atom. The topological polar surface area (TPSA) is 64.7 Å². The highest BCUT2D eigenvalue weighted by atomic mass is 35.5. The smallest absolute Gasteiger partial charge is 0.260 e.